The Morgan fingerprint density at radius 1 is 1.15 bits per heavy atom. The molecule has 0 spiro atoms. The van der Waals surface area contributed by atoms with E-state index in [1.807, 2.05) is 0 Å². The van der Waals surface area contributed by atoms with Gasteiger partial charge in [-0.05, 0) is 23.8 Å². The Bertz CT molecular complexity index is 927. The molecule has 6 nitrogen and oxygen atoms in total. The van der Waals surface area contributed by atoms with E-state index in [-0.39, 0.29) is 0 Å². The number of halogens is 3. The van der Waals surface area contributed by atoms with Gasteiger partial charge in [0.15, 0.2) is 14.2 Å². The molecular formula is C16H13Cl3N2O4S. The summed E-state index contributed by atoms with van der Waals surface area (Å²) >= 11 is 17.5. The highest BCUT2D eigenvalue weighted by atomic mass is 35.5. The minimum absolute atomic E-state index is 0.300. The quantitative estimate of drug-likeness (QED) is 0.695. The van der Waals surface area contributed by atoms with Crippen molar-refractivity contribution in [2.24, 2.45) is 0 Å². The van der Waals surface area contributed by atoms with Crippen LogP contribution in [-0.2, 0) is 20.4 Å². The number of aromatic nitrogens is 1. The van der Waals surface area contributed by atoms with E-state index in [0.29, 0.717) is 22.2 Å². The van der Waals surface area contributed by atoms with Gasteiger partial charge in [-0.25, -0.2) is 13.4 Å². The lowest BCUT2D eigenvalue weighted by Gasteiger charge is -2.08. The van der Waals surface area contributed by atoms with E-state index in [1.165, 1.54) is 25.4 Å². The zero-order valence-electron chi connectivity index (χ0n) is 13.4. The summed E-state index contributed by atoms with van der Waals surface area (Å²) in [6.45, 7) is 0. The molecule has 2 aromatic rings. The molecule has 0 aliphatic heterocycles. The summed E-state index contributed by atoms with van der Waals surface area (Å²) in [6.07, 6.45) is 1.33. The van der Waals surface area contributed by atoms with Crippen LogP contribution in [0.4, 0.5) is 5.69 Å². The standard InChI is InChI=1S/C16H13Cl3N2O4S/c1-25-13-7-6-12(8-20-13)21-16(22)14(18)15(19)26(23,24)9-10-2-4-11(17)5-3-10/h2-8H,9H2,1H3,(H,21,22)/b15-14+. The molecular weight excluding hydrogens is 423 g/mol. The van der Waals surface area contributed by atoms with E-state index >= 15 is 0 Å². The molecule has 0 unspecified atom stereocenters. The first-order chi connectivity index (χ1) is 12.2. The molecule has 0 atom stereocenters. The zero-order chi connectivity index (χ0) is 19.3. The van der Waals surface area contributed by atoms with Crippen LogP contribution in [0.25, 0.3) is 0 Å². The maximum atomic E-state index is 12.4. The van der Waals surface area contributed by atoms with Crippen molar-refractivity contribution in [3.05, 3.63) is 62.6 Å². The number of hydrogen-bond donors (Lipinski definition) is 1. The monoisotopic (exact) mass is 434 g/mol. The second-order valence-corrected chi connectivity index (χ2v) is 8.36. The Morgan fingerprint density at radius 2 is 1.81 bits per heavy atom. The van der Waals surface area contributed by atoms with Gasteiger partial charge in [-0.2, -0.15) is 0 Å². The van der Waals surface area contributed by atoms with Crippen LogP contribution in [0.2, 0.25) is 5.02 Å². The average molecular weight is 436 g/mol. The van der Waals surface area contributed by atoms with Gasteiger partial charge in [0.05, 0.1) is 24.7 Å². The minimum Gasteiger partial charge on any atom is -0.481 e. The number of nitrogens with one attached hydrogen (secondary N) is 1. The van der Waals surface area contributed by atoms with Crippen LogP contribution in [-0.4, -0.2) is 26.4 Å². The van der Waals surface area contributed by atoms with Crippen molar-refractivity contribution < 1.29 is 17.9 Å². The number of hydrogen-bond acceptors (Lipinski definition) is 5. The maximum absolute atomic E-state index is 12.4. The van der Waals surface area contributed by atoms with Crippen LogP contribution in [0.5, 0.6) is 5.88 Å². The normalized spacial score (nSPS) is 12.3. The average Bonchev–Trinajstić information content (AvgIpc) is 2.62. The van der Waals surface area contributed by atoms with Gasteiger partial charge < -0.3 is 10.1 Å². The fourth-order valence-corrected chi connectivity index (χ4v) is 3.75. The molecule has 2 rings (SSSR count). The van der Waals surface area contributed by atoms with Crippen LogP contribution >= 0.6 is 34.8 Å². The zero-order valence-corrected chi connectivity index (χ0v) is 16.5. The number of ether oxygens (including phenoxy) is 1. The van der Waals surface area contributed by atoms with E-state index in [1.54, 1.807) is 24.3 Å². The molecule has 1 amide bonds. The highest BCUT2D eigenvalue weighted by Crippen LogP contribution is 2.25. The van der Waals surface area contributed by atoms with Gasteiger partial charge in [-0.1, -0.05) is 46.9 Å². The fraction of sp³-hybridized carbons (Fsp3) is 0.125. The molecule has 1 heterocycles. The third kappa shape index (κ3) is 5.35. The number of carbonyl (C=O) groups is 1. The van der Waals surface area contributed by atoms with Crippen LogP contribution in [0.1, 0.15) is 5.56 Å². The lowest BCUT2D eigenvalue weighted by molar-refractivity contribution is -0.112. The summed E-state index contributed by atoms with van der Waals surface area (Å²) in [5, 5.41) is 2.23. The molecule has 138 valence electrons. The third-order valence-corrected chi connectivity index (χ3v) is 6.30. The Hall–Kier alpha value is -1.80. The molecule has 0 aliphatic rings. The number of pyridine rings is 1. The van der Waals surface area contributed by atoms with Gasteiger partial charge in [0.2, 0.25) is 5.88 Å². The molecule has 0 radical (unpaired) electrons. The molecule has 1 N–H and O–H groups in total. The van der Waals surface area contributed by atoms with Crippen LogP contribution in [0.15, 0.2) is 52.0 Å². The molecule has 0 fully saturated rings. The van der Waals surface area contributed by atoms with Gasteiger partial charge in [0.1, 0.15) is 5.03 Å². The lowest BCUT2D eigenvalue weighted by Crippen LogP contribution is -2.15. The Kier molecular flexibility index (Phi) is 6.88. The number of sulfone groups is 1. The van der Waals surface area contributed by atoms with Crippen molar-refractivity contribution >= 4 is 56.2 Å². The second kappa shape index (κ2) is 8.73. The first-order valence-electron chi connectivity index (χ1n) is 7.07. The summed E-state index contributed by atoms with van der Waals surface area (Å²) in [7, 11) is -2.55. The first-order valence-corrected chi connectivity index (χ1v) is 9.85. The van der Waals surface area contributed by atoms with Gasteiger partial charge in [0.25, 0.3) is 5.91 Å². The number of methoxy groups -OCH3 is 1. The number of anilines is 1. The second-order valence-electron chi connectivity index (χ2n) is 5.02. The molecule has 26 heavy (non-hydrogen) atoms. The SMILES string of the molecule is COc1ccc(NC(=O)/C(Cl)=C(/Cl)S(=O)(=O)Cc2ccc(Cl)cc2)cn1. The van der Waals surface area contributed by atoms with E-state index < -0.39 is 30.9 Å². The molecule has 10 heteroatoms. The number of rotatable bonds is 6. The van der Waals surface area contributed by atoms with Crippen LogP contribution in [0.3, 0.4) is 0 Å². The van der Waals surface area contributed by atoms with E-state index in [0.717, 1.165) is 0 Å². The van der Waals surface area contributed by atoms with Gasteiger partial charge in [-0.15, -0.1) is 0 Å². The highest BCUT2D eigenvalue weighted by Gasteiger charge is 2.24. The first kappa shape index (κ1) is 20.5. The Balaban J connectivity index is 2.16. The fourth-order valence-electron chi connectivity index (χ4n) is 1.85. The predicted molar refractivity (Wildman–Crippen MR) is 102 cm³/mol. The van der Waals surface area contributed by atoms with Crippen molar-refractivity contribution in [2.75, 3.05) is 12.4 Å². The van der Waals surface area contributed by atoms with Crippen molar-refractivity contribution in [2.45, 2.75) is 5.75 Å². The largest absolute Gasteiger partial charge is 0.481 e. The maximum Gasteiger partial charge on any atom is 0.269 e. The molecule has 0 saturated heterocycles. The highest BCUT2D eigenvalue weighted by molar-refractivity contribution is 7.96. The third-order valence-electron chi connectivity index (χ3n) is 3.12. The molecule has 1 aromatic heterocycles. The number of benzene rings is 1. The van der Waals surface area contributed by atoms with Gasteiger partial charge in [0, 0.05) is 11.1 Å². The topological polar surface area (TPSA) is 85.4 Å². The molecule has 1 aromatic carbocycles. The van der Waals surface area contributed by atoms with Gasteiger partial charge >= 0.3 is 0 Å². The number of amides is 1. The summed E-state index contributed by atoms with van der Waals surface area (Å²) < 4.78 is 28.9. The van der Waals surface area contributed by atoms with Crippen LogP contribution < -0.4 is 10.1 Å². The van der Waals surface area contributed by atoms with Crippen molar-refractivity contribution in [1.82, 2.24) is 4.98 Å². The van der Waals surface area contributed by atoms with Crippen molar-refractivity contribution in [1.29, 1.82) is 0 Å². The number of nitrogens with zero attached hydrogens (tertiary/aromatic N) is 1. The Labute approximate surface area is 165 Å². The number of carbonyl (C=O) groups excluding carboxylic acids is 1. The molecule has 0 bridgehead atoms. The summed E-state index contributed by atoms with van der Waals surface area (Å²) in [5.41, 5.74) is 0.755. The summed E-state index contributed by atoms with van der Waals surface area (Å²) in [6, 6.07) is 9.22. The smallest absolute Gasteiger partial charge is 0.269 e. The minimum atomic E-state index is -4.00. The molecule has 0 saturated carbocycles. The van der Waals surface area contributed by atoms with E-state index in [9.17, 15) is 13.2 Å². The predicted octanol–water partition coefficient (Wildman–Crippen LogP) is 3.94. The van der Waals surface area contributed by atoms with Crippen molar-refractivity contribution in [3.63, 3.8) is 0 Å². The summed E-state index contributed by atoms with van der Waals surface area (Å²) in [5.74, 6) is -0.937. The van der Waals surface area contributed by atoms with Crippen molar-refractivity contribution in [3.8, 4) is 5.88 Å². The van der Waals surface area contributed by atoms with Gasteiger partial charge in [-0.3, -0.25) is 4.79 Å². The summed E-state index contributed by atoms with van der Waals surface area (Å²) in [4.78, 5) is 16.0. The lowest BCUT2D eigenvalue weighted by atomic mass is 10.2. The van der Waals surface area contributed by atoms with Crippen LogP contribution in [0, 0.1) is 0 Å². The molecule has 0 aliphatic carbocycles. The van der Waals surface area contributed by atoms with E-state index in [4.69, 9.17) is 39.5 Å². The van der Waals surface area contributed by atoms with E-state index in [2.05, 4.69) is 10.3 Å². The Morgan fingerprint density at radius 3 is 2.35 bits per heavy atom.